The molecule has 1 rings (SSSR count). The summed E-state index contributed by atoms with van der Waals surface area (Å²) in [6.07, 6.45) is 1.80. The second-order valence-corrected chi connectivity index (χ2v) is 3.52. The molecule has 0 amide bonds. The van der Waals surface area contributed by atoms with Gasteiger partial charge < -0.3 is 4.74 Å². The third-order valence-electron chi connectivity index (χ3n) is 2.43. The minimum Gasteiger partial charge on any atom is -0.320 e. The SMILES string of the molecule is C.C.C=CC1CCCCC(F)(F)OCC1. The Hall–Kier alpha value is -0.440. The highest BCUT2D eigenvalue weighted by Crippen LogP contribution is 2.27. The summed E-state index contributed by atoms with van der Waals surface area (Å²) in [5.74, 6) is 0.342. The number of alkyl halides is 2. The zero-order valence-corrected chi connectivity index (χ0v) is 7.77. The van der Waals surface area contributed by atoms with Crippen LogP contribution in [0.15, 0.2) is 12.7 Å². The maximum Gasteiger partial charge on any atom is 0.355 e. The molecule has 0 aromatic carbocycles. The van der Waals surface area contributed by atoms with Crippen LogP contribution in [-0.2, 0) is 4.74 Å². The number of halogens is 2. The summed E-state index contributed by atoms with van der Waals surface area (Å²) in [7, 11) is 0. The Kier molecular flexibility index (Phi) is 8.83. The summed E-state index contributed by atoms with van der Waals surface area (Å²) >= 11 is 0. The molecule has 0 N–H and O–H groups in total. The molecule has 1 nitrogen and oxygen atoms in total. The van der Waals surface area contributed by atoms with Crippen LogP contribution in [0.4, 0.5) is 8.78 Å². The van der Waals surface area contributed by atoms with Crippen molar-refractivity contribution in [3.63, 3.8) is 0 Å². The molecular weight excluding hydrogens is 198 g/mol. The molecular formula is C12H24F2O. The lowest BCUT2D eigenvalue weighted by Crippen LogP contribution is -2.21. The third kappa shape index (κ3) is 6.61. The van der Waals surface area contributed by atoms with Crippen molar-refractivity contribution in [3.05, 3.63) is 12.7 Å². The van der Waals surface area contributed by atoms with Gasteiger partial charge >= 0.3 is 6.11 Å². The number of hydrogen-bond donors (Lipinski definition) is 0. The molecule has 0 aromatic rings. The standard InChI is InChI=1S/C10H16F2O.2CH4/c1-2-9-5-3-4-7-10(11,12)13-8-6-9;;/h2,9H,1,3-8H2;2*1H4. The van der Waals surface area contributed by atoms with E-state index in [0.717, 1.165) is 12.8 Å². The minimum absolute atomic E-state index is 0. The molecule has 0 spiro atoms. The van der Waals surface area contributed by atoms with Crippen LogP contribution < -0.4 is 0 Å². The predicted molar refractivity (Wildman–Crippen MR) is 61.1 cm³/mol. The maximum absolute atomic E-state index is 12.8. The lowest BCUT2D eigenvalue weighted by Gasteiger charge is -2.15. The molecule has 1 atom stereocenters. The number of rotatable bonds is 1. The van der Waals surface area contributed by atoms with Crippen molar-refractivity contribution in [1.82, 2.24) is 0 Å². The quantitative estimate of drug-likeness (QED) is 0.587. The van der Waals surface area contributed by atoms with Gasteiger partial charge in [0.15, 0.2) is 0 Å². The van der Waals surface area contributed by atoms with Crippen LogP contribution in [0, 0.1) is 5.92 Å². The molecule has 1 aliphatic heterocycles. The van der Waals surface area contributed by atoms with Gasteiger partial charge in [-0.3, -0.25) is 0 Å². The summed E-state index contributed by atoms with van der Waals surface area (Å²) < 4.78 is 30.1. The Morgan fingerprint density at radius 1 is 1.20 bits per heavy atom. The van der Waals surface area contributed by atoms with Crippen LogP contribution in [0.5, 0.6) is 0 Å². The van der Waals surface area contributed by atoms with Gasteiger partial charge in [-0.05, 0) is 25.2 Å². The highest BCUT2D eigenvalue weighted by Gasteiger charge is 2.30. The first-order valence-corrected chi connectivity index (χ1v) is 4.78. The fraction of sp³-hybridized carbons (Fsp3) is 0.833. The van der Waals surface area contributed by atoms with E-state index in [9.17, 15) is 8.78 Å². The first kappa shape index (κ1) is 17.0. The van der Waals surface area contributed by atoms with Crippen molar-refractivity contribution >= 4 is 0 Å². The van der Waals surface area contributed by atoms with Crippen LogP contribution in [0.1, 0.15) is 47.0 Å². The zero-order valence-electron chi connectivity index (χ0n) is 7.77. The van der Waals surface area contributed by atoms with Gasteiger partial charge in [-0.1, -0.05) is 27.4 Å². The minimum atomic E-state index is -2.91. The molecule has 1 saturated heterocycles. The fourth-order valence-electron chi connectivity index (χ4n) is 1.55. The summed E-state index contributed by atoms with van der Waals surface area (Å²) in [6.45, 7) is 3.82. The lowest BCUT2D eigenvalue weighted by atomic mass is 9.99. The smallest absolute Gasteiger partial charge is 0.320 e. The zero-order chi connectivity index (χ0) is 9.73. The maximum atomic E-state index is 12.8. The van der Waals surface area contributed by atoms with Gasteiger partial charge in [0.05, 0.1) is 6.61 Å². The van der Waals surface area contributed by atoms with Crippen molar-refractivity contribution in [2.45, 2.75) is 53.1 Å². The van der Waals surface area contributed by atoms with Crippen molar-refractivity contribution in [1.29, 1.82) is 0 Å². The highest BCUT2D eigenvalue weighted by molar-refractivity contribution is 4.79. The fourth-order valence-corrected chi connectivity index (χ4v) is 1.55. The van der Waals surface area contributed by atoms with Crippen LogP contribution in [-0.4, -0.2) is 12.7 Å². The monoisotopic (exact) mass is 222 g/mol. The molecule has 1 heterocycles. The van der Waals surface area contributed by atoms with E-state index in [-0.39, 0.29) is 27.9 Å². The van der Waals surface area contributed by atoms with Gasteiger partial charge in [0, 0.05) is 6.42 Å². The Morgan fingerprint density at radius 2 is 1.87 bits per heavy atom. The van der Waals surface area contributed by atoms with E-state index in [2.05, 4.69) is 11.3 Å². The van der Waals surface area contributed by atoms with Gasteiger partial charge in [-0.25, -0.2) is 0 Å². The molecule has 0 aromatic heterocycles. The molecule has 0 bridgehead atoms. The summed E-state index contributed by atoms with van der Waals surface area (Å²) in [5, 5.41) is 0. The van der Waals surface area contributed by atoms with Crippen molar-refractivity contribution in [2.75, 3.05) is 6.61 Å². The predicted octanol–water partition coefficient (Wildman–Crippen LogP) is 4.63. The molecule has 0 saturated carbocycles. The second-order valence-electron chi connectivity index (χ2n) is 3.52. The molecule has 1 aliphatic rings. The summed E-state index contributed by atoms with van der Waals surface area (Å²) in [5.41, 5.74) is 0. The Morgan fingerprint density at radius 3 is 2.47 bits per heavy atom. The van der Waals surface area contributed by atoms with E-state index in [0.29, 0.717) is 18.8 Å². The van der Waals surface area contributed by atoms with E-state index in [4.69, 9.17) is 0 Å². The largest absolute Gasteiger partial charge is 0.355 e. The Labute approximate surface area is 92.5 Å². The Bertz CT molecular complexity index is 169. The van der Waals surface area contributed by atoms with E-state index >= 15 is 0 Å². The van der Waals surface area contributed by atoms with Crippen LogP contribution >= 0.6 is 0 Å². The molecule has 92 valence electrons. The van der Waals surface area contributed by atoms with E-state index in [1.807, 2.05) is 6.08 Å². The van der Waals surface area contributed by atoms with Crippen LogP contribution in [0.25, 0.3) is 0 Å². The van der Waals surface area contributed by atoms with Crippen LogP contribution in [0.2, 0.25) is 0 Å². The lowest BCUT2D eigenvalue weighted by molar-refractivity contribution is -0.242. The van der Waals surface area contributed by atoms with E-state index in [1.165, 1.54) is 0 Å². The van der Waals surface area contributed by atoms with Crippen molar-refractivity contribution in [3.8, 4) is 0 Å². The Balaban J connectivity index is 0. The normalized spacial score (nSPS) is 25.9. The third-order valence-corrected chi connectivity index (χ3v) is 2.43. The number of ether oxygens (including phenoxy) is 1. The molecule has 1 fully saturated rings. The van der Waals surface area contributed by atoms with Gasteiger partial charge in [0.25, 0.3) is 0 Å². The average molecular weight is 222 g/mol. The summed E-state index contributed by atoms with van der Waals surface area (Å²) in [6, 6.07) is 0. The average Bonchev–Trinajstić information content (AvgIpc) is 2.15. The molecule has 1 unspecified atom stereocenters. The van der Waals surface area contributed by atoms with Gasteiger partial charge in [0.1, 0.15) is 0 Å². The second kappa shape index (κ2) is 7.80. The van der Waals surface area contributed by atoms with Crippen molar-refractivity contribution in [2.24, 2.45) is 5.92 Å². The van der Waals surface area contributed by atoms with E-state index in [1.54, 1.807) is 0 Å². The molecule has 0 aliphatic carbocycles. The topological polar surface area (TPSA) is 9.23 Å². The summed E-state index contributed by atoms with van der Waals surface area (Å²) in [4.78, 5) is 0. The first-order valence-electron chi connectivity index (χ1n) is 4.78. The number of hydrogen-bond acceptors (Lipinski definition) is 1. The molecule has 15 heavy (non-hydrogen) atoms. The molecule has 3 heteroatoms. The van der Waals surface area contributed by atoms with Crippen LogP contribution in [0.3, 0.4) is 0 Å². The number of allylic oxidation sites excluding steroid dienone is 1. The van der Waals surface area contributed by atoms with Gasteiger partial charge in [0.2, 0.25) is 0 Å². The van der Waals surface area contributed by atoms with E-state index < -0.39 is 6.11 Å². The molecule has 0 radical (unpaired) electrons. The van der Waals surface area contributed by atoms with Gasteiger partial charge in [-0.2, -0.15) is 8.78 Å². The van der Waals surface area contributed by atoms with Gasteiger partial charge in [-0.15, -0.1) is 6.58 Å². The first-order chi connectivity index (χ1) is 6.14. The highest BCUT2D eigenvalue weighted by atomic mass is 19.3. The van der Waals surface area contributed by atoms with Crippen molar-refractivity contribution < 1.29 is 13.5 Å².